The molecule has 0 radical (unpaired) electrons. The van der Waals surface area contributed by atoms with Crippen LogP contribution in [0.1, 0.15) is 37.7 Å². The van der Waals surface area contributed by atoms with Crippen LogP contribution in [0.2, 0.25) is 0 Å². The molecule has 0 saturated heterocycles. The maximum absolute atomic E-state index is 11.7. The molecule has 5 nitrogen and oxygen atoms in total. The van der Waals surface area contributed by atoms with Gasteiger partial charge in [-0.3, -0.25) is 4.79 Å². The van der Waals surface area contributed by atoms with Crippen molar-refractivity contribution >= 4 is 11.9 Å². The van der Waals surface area contributed by atoms with E-state index in [0.717, 1.165) is 11.1 Å². The lowest BCUT2D eigenvalue weighted by molar-refractivity contribution is 0.0696. The van der Waals surface area contributed by atoms with E-state index >= 15 is 0 Å². The Hall–Kier alpha value is -2.69. The first-order chi connectivity index (χ1) is 9.99. The van der Waals surface area contributed by atoms with Crippen LogP contribution >= 0.6 is 0 Å². The number of aromatic nitrogens is 1. The maximum Gasteiger partial charge on any atom is 0.335 e. The highest BCUT2D eigenvalue weighted by Crippen LogP contribution is 2.12. The van der Waals surface area contributed by atoms with Gasteiger partial charge in [0, 0.05) is 19.2 Å². The van der Waals surface area contributed by atoms with Crippen LogP contribution in [0.3, 0.4) is 0 Å². The molecule has 0 atom stereocenters. The summed E-state index contributed by atoms with van der Waals surface area (Å²) in [6.45, 7) is 2.00. The van der Waals surface area contributed by atoms with Gasteiger partial charge in [-0.2, -0.15) is 0 Å². The zero-order chi connectivity index (χ0) is 15.4. The minimum Gasteiger partial charge on any atom is -0.478 e. The smallest absolute Gasteiger partial charge is 0.335 e. The van der Waals surface area contributed by atoms with Gasteiger partial charge in [0.2, 0.25) is 0 Å². The third-order valence-corrected chi connectivity index (χ3v) is 3.09. The quantitative estimate of drug-likeness (QED) is 0.900. The highest BCUT2D eigenvalue weighted by Gasteiger charge is 2.13. The van der Waals surface area contributed by atoms with Crippen LogP contribution in [-0.2, 0) is 6.42 Å². The Kier molecular flexibility index (Phi) is 4.33. The zero-order valence-electron chi connectivity index (χ0n) is 11.9. The molecule has 0 aliphatic carbocycles. The summed E-state index contributed by atoms with van der Waals surface area (Å²) in [6.07, 6.45) is 0.478. The molecule has 0 saturated carbocycles. The van der Waals surface area contributed by atoms with E-state index in [-0.39, 0.29) is 11.3 Å². The molecule has 0 aliphatic rings. The SMILES string of the molecule is CNC(=O)c1cc(C(=O)O)cc(Cc2ccc(C)cc2)n1. The van der Waals surface area contributed by atoms with Gasteiger partial charge in [0.1, 0.15) is 5.69 Å². The molecule has 0 spiro atoms. The molecule has 5 heteroatoms. The number of aryl methyl sites for hydroxylation is 1. The maximum atomic E-state index is 11.7. The number of nitrogens with one attached hydrogen (secondary N) is 1. The van der Waals surface area contributed by atoms with Gasteiger partial charge in [-0.25, -0.2) is 9.78 Å². The fourth-order valence-corrected chi connectivity index (χ4v) is 1.96. The number of carbonyl (C=O) groups is 2. The summed E-state index contributed by atoms with van der Waals surface area (Å²) >= 11 is 0. The Morgan fingerprint density at radius 1 is 1.19 bits per heavy atom. The summed E-state index contributed by atoms with van der Waals surface area (Å²) < 4.78 is 0. The van der Waals surface area contributed by atoms with E-state index in [1.165, 1.54) is 19.2 Å². The molecule has 2 aromatic rings. The van der Waals surface area contributed by atoms with E-state index in [4.69, 9.17) is 5.11 Å². The highest BCUT2D eigenvalue weighted by atomic mass is 16.4. The molecule has 0 aliphatic heterocycles. The average Bonchev–Trinajstić information content (AvgIpc) is 2.48. The number of carboxylic acids is 1. The average molecular weight is 284 g/mol. The Bertz CT molecular complexity index is 678. The van der Waals surface area contributed by atoms with E-state index < -0.39 is 11.9 Å². The Balaban J connectivity index is 2.37. The number of hydrogen-bond acceptors (Lipinski definition) is 3. The van der Waals surface area contributed by atoms with Gasteiger partial charge in [0.25, 0.3) is 5.91 Å². The number of rotatable bonds is 4. The van der Waals surface area contributed by atoms with Gasteiger partial charge >= 0.3 is 5.97 Å². The molecule has 0 unspecified atom stereocenters. The van der Waals surface area contributed by atoms with Gasteiger partial charge in [-0.15, -0.1) is 0 Å². The second-order valence-electron chi connectivity index (χ2n) is 4.78. The largest absolute Gasteiger partial charge is 0.478 e. The van der Waals surface area contributed by atoms with Crippen LogP contribution in [0.4, 0.5) is 0 Å². The first-order valence-electron chi connectivity index (χ1n) is 6.51. The summed E-state index contributed by atoms with van der Waals surface area (Å²) in [5.41, 5.74) is 2.89. The van der Waals surface area contributed by atoms with E-state index in [1.807, 2.05) is 31.2 Å². The highest BCUT2D eigenvalue weighted by molar-refractivity contribution is 5.95. The van der Waals surface area contributed by atoms with E-state index in [0.29, 0.717) is 12.1 Å². The van der Waals surface area contributed by atoms with Crippen molar-refractivity contribution in [2.24, 2.45) is 0 Å². The van der Waals surface area contributed by atoms with Crippen molar-refractivity contribution in [3.63, 3.8) is 0 Å². The molecule has 0 fully saturated rings. The van der Waals surface area contributed by atoms with E-state index in [2.05, 4.69) is 10.3 Å². The predicted octanol–water partition coefficient (Wildman–Crippen LogP) is 2.04. The third-order valence-electron chi connectivity index (χ3n) is 3.09. The molecule has 0 bridgehead atoms. The number of carbonyl (C=O) groups excluding carboxylic acids is 1. The molecule has 1 aromatic heterocycles. The Labute approximate surface area is 122 Å². The fourth-order valence-electron chi connectivity index (χ4n) is 1.96. The first kappa shape index (κ1) is 14.7. The summed E-state index contributed by atoms with van der Waals surface area (Å²) in [5.74, 6) is -1.48. The lowest BCUT2D eigenvalue weighted by Crippen LogP contribution is -2.20. The van der Waals surface area contributed by atoms with Gasteiger partial charge in [0.05, 0.1) is 5.56 Å². The van der Waals surface area contributed by atoms with Gasteiger partial charge in [0.15, 0.2) is 0 Å². The van der Waals surface area contributed by atoms with Crippen LogP contribution in [0.5, 0.6) is 0 Å². The van der Waals surface area contributed by atoms with Crippen LogP contribution < -0.4 is 5.32 Å². The molecule has 2 rings (SSSR count). The molecular weight excluding hydrogens is 268 g/mol. The fraction of sp³-hybridized carbons (Fsp3) is 0.188. The number of amides is 1. The van der Waals surface area contributed by atoms with Crippen molar-refractivity contribution in [2.45, 2.75) is 13.3 Å². The first-order valence-corrected chi connectivity index (χ1v) is 6.51. The molecule has 1 amide bonds. The zero-order valence-corrected chi connectivity index (χ0v) is 11.9. The monoisotopic (exact) mass is 284 g/mol. The second kappa shape index (κ2) is 6.17. The van der Waals surface area contributed by atoms with Crippen LogP contribution in [0.25, 0.3) is 0 Å². The van der Waals surface area contributed by atoms with Crippen LogP contribution in [0.15, 0.2) is 36.4 Å². The lowest BCUT2D eigenvalue weighted by atomic mass is 10.1. The van der Waals surface area contributed by atoms with Crippen molar-refractivity contribution in [2.75, 3.05) is 7.05 Å². The summed E-state index contributed by atoms with van der Waals surface area (Å²) in [4.78, 5) is 27.1. The molecule has 1 aromatic carbocycles. The second-order valence-corrected chi connectivity index (χ2v) is 4.78. The summed E-state index contributed by atoms with van der Waals surface area (Å²) in [5, 5.41) is 11.6. The molecule has 108 valence electrons. The van der Waals surface area contributed by atoms with Crippen molar-refractivity contribution in [1.82, 2.24) is 10.3 Å². The Morgan fingerprint density at radius 3 is 2.43 bits per heavy atom. The number of aromatic carboxylic acids is 1. The third kappa shape index (κ3) is 3.66. The topological polar surface area (TPSA) is 79.3 Å². The number of pyridine rings is 1. The van der Waals surface area contributed by atoms with Crippen LogP contribution in [0, 0.1) is 6.92 Å². The number of nitrogens with zero attached hydrogens (tertiary/aromatic N) is 1. The lowest BCUT2D eigenvalue weighted by Gasteiger charge is -2.07. The molecule has 1 heterocycles. The van der Waals surface area contributed by atoms with Crippen molar-refractivity contribution < 1.29 is 14.7 Å². The van der Waals surface area contributed by atoms with E-state index in [1.54, 1.807) is 0 Å². The van der Waals surface area contributed by atoms with Crippen LogP contribution in [-0.4, -0.2) is 29.0 Å². The summed E-state index contributed by atoms with van der Waals surface area (Å²) in [7, 11) is 1.48. The number of benzene rings is 1. The van der Waals surface area contributed by atoms with Gasteiger partial charge < -0.3 is 10.4 Å². The van der Waals surface area contributed by atoms with Gasteiger partial charge in [-0.05, 0) is 24.6 Å². The molecule has 21 heavy (non-hydrogen) atoms. The Morgan fingerprint density at radius 2 is 1.86 bits per heavy atom. The normalized spacial score (nSPS) is 10.2. The molecular formula is C16H16N2O3. The van der Waals surface area contributed by atoms with Crippen molar-refractivity contribution in [3.05, 3.63) is 64.5 Å². The minimum absolute atomic E-state index is 0.0608. The minimum atomic E-state index is -1.08. The number of hydrogen-bond donors (Lipinski definition) is 2. The van der Waals surface area contributed by atoms with Gasteiger partial charge in [-0.1, -0.05) is 29.8 Å². The summed E-state index contributed by atoms with van der Waals surface area (Å²) in [6, 6.07) is 10.7. The van der Waals surface area contributed by atoms with Crippen molar-refractivity contribution in [3.8, 4) is 0 Å². The van der Waals surface area contributed by atoms with E-state index in [9.17, 15) is 9.59 Å². The van der Waals surface area contributed by atoms with Crippen molar-refractivity contribution in [1.29, 1.82) is 0 Å². The predicted molar refractivity (Wildman–Crippen MR) is 78.6 cm³/mol. The standard InChI is InChI=1S/C16H16N2O3/c1-10-3-5-11(6-4-10)7-13-8-12(16(20)21)9-14(18-13)15(19)17-2/h3-6,8-9H,7H2,1-2H3,(H,17,19)(H,20,21). The number of carboxylic acid groups (broad SMARTS) is 1. The molecule has 2 N–H and O–H groups in total.